The minimum absolute atomic E-state index is 0.0855. The van der Waals surface area contributed by atoms with Crippen LogP contribution in [0, 0.1) is 0 Å². The summed E-state index contributed by atoms with van der Waals surface area (Å²) in [7, 11) is 1.92. The monoisotopic (exact) mass is 218 g/mol. The summed E-state index contributed by atoms with van der Waals surface area (Å²) in [6.07, 6.45) is 1.72. The molecule has 5 heteroatoms. The molecule has 0 bridgehead atoms. The smallest absolute Gasteiger partial charge is 0.109 e. The van der Waals surface area contributed by atoms with E-state index in [0.717, 1.165) is 12.2 Å². The van der Waals surface area contributed by atoms with Crippen LogP contribution in [0.15, 0.2) is 30.5 Å². The number of benzene rings is 1. The summed E-state index contributed by atoms with van der Waals surface area (Å²) in [6, 6.07) is 8.02. The standard InChI is InChI=1S/C11H14N4O/c1-12-6-9-2-4-11(5-3-9)15-7-10(8-16)13-14-15/h2-5,7,12,16H,6,8H2,1H3. The van der Waals surface area contributed by atoms with E-state index < -0.39 is 0 Å². The summed E-state index contributed by atoms with van der Waals surface area (Å²) in [5.74, 6) is 0. The van der Waals surface area contributed by atoms with Crippen molar-refractivity contribution in [2.24, 2.45) is 0 Å². The number of nitrogens with one attached hydrogen (secondary N) is 1. The molecule has 0 fully saturated rings. The van der Waals surface area contributed by atoms with Crippen molar-refractivity contribution in [3.63, 3.8) is 0 Å². The van der Waals surface area contributed by atoms with Gasteiger partial charge < -0.3 is 10.4 Å². The van der Waals surface area contributed by atoms with Crippen LogP contribution in [0.1, 0.15) is 11.3 Å². The fourth-order valence-corrected chi connectivity index (χ4v) is 1.47. The van der Waals surface area contributed by atoms with Crippen LogP contribution in [0.2, 0.25) is 0 Å². The normalized spacial score (nSPS) is 10.6. The van der Waals surface area contributed by atoms with Gasteiger partial charge in [0.25, 0.3) is 0 Å². The number of nitrogens with zero attached hydrogens (tertiary/aromatic N) is 3. The van der Waals surface area contributed by atoms with Gasteiger partial charge in [0, 0.05) is 6.54 Å². The molecule has 16 heavy (non-hydrogen) atoms. The van der Waals surface area contributed by atoms with Crippen molar-refractivity contribution in [1.82, 2.24) is 20.3 Å². The lowest BCUT2D eigenvalue weighted by Crippen LogP contribution is -2.05. The van der Waals surface area contributed by atoms with E-state index in [1.54, 1.807) is 10.9 Å². The quantitative estimate of drug-likeness (QED) is 0.783. The van der Waals surface area contributed by atoms with Crippen LogP contribution in [0.25, 0.3) is 5.69 Å². The van der Waals surface area contributed by atoms with Gasteiger partial charge in [0.15, 0.2) is 0 Å². The van der Waals surface area contributed by atoms with Gasteiger partial charge in [-0.3, -0.25) is 0 Å². The number of rotatable bonds is 4. The average molecular weight is 218 g/mol. The molecule has 0 atom stereocenters. The molecule has 2 N–H and O–H groups in total. The molecule has 0 saturated heterocycles. The first kappa shape index (κ1) is 10.8. The highest BCUT2D eigenvalue weighted by Crippen LogP contribution is 2.09. The Morgan fingerprint density at radius 1 is 1.31 bits per heavy atom. The molecular weight excluding hydrogens is 204 g/mol. The maximum Gasteiger partial charge on any atom is 0.109 e. The zero-order valence-corrected chi connectivity index (χ0v) is 9.09. The van der Waals surface area contributed by atoms with Crippen LogP contribution in [0.3, 0.4) is 0 Å². The summed E-state index contributed by atoms with van der Waals surface area (Å²) in [5.41, 5.74) is 2.72. The van der Waals surface area contributed by atoms with Crippen LogP contribution in [-0.2, 0) is 13.2 Å². The van der Waals surface area contributed by atoms with E-state index in [1.807, 2.05) is 31.3 Å². The van der Waals surface area contributed by atoms with Crippen LogP contribution in [0.4, 0.5) is 0 Å². The Balaban J connectivity index is 2.20. The van der Waals surface area contributed by atoms with Crippen LogP contribution >= 0.6 is 0 Å². The predicted octanol–water partition coefficient (Wildman–Crippen LogP) is 0.479. The molecule has 5 nitrogen and oxygen atoms in total. The van der Waals surface area contributed by atoms with Crippen LogP contribution < -0.4 is 5.32 Å². The van der Waals surface area contributed by atoms with Gasteiger partial charge in [-0.1, -0.05) is 17.3 Å². The van der Waals surface area contributed by atoms with E-state index in [2.05, 4.69) is 15.6 Å². The van der Waals surface area contributed by atoms with Crippen molar-refractivity contribution in [2.75, 3.05) is 7.05 Å². The van der Waals surface area contributed by atoms with Gasteiger partial charge in [-0.05, 0) is 24.7 Å². The molecule has 84 valence electrons. The van der Waals surface area contributed by atoms with Gasteiger partial charge in [-0.25, -0.2) is 4.68 Å². The van der Waals surface area contributed by atoms with Gasteiger partial charge in [0.2, 0.25) is 0 Å². The Morgan fingerprint density at radius 2 is 2.06 bits per heavy atom. The fraction of sp³-hybridized carbons (Fsp3) is 0.273. The lowest BCUT2D eigenvalue weighted by atomic mass is 10.2. The van der Waals surface area contributed by atoms with E-state index >= 15 is 0 Å². The second-order valence-corrected chi connectivity index (χ2v) is 3.51. The van der Waals surface area contributed by atoms with Crippen molar-refractivity contribution < 1.29 is 5.11 Å². The largest absolute Gasteiger partial charge is 0.390 e. The van der Waals surface area contributed by atoms with Crippen LogP contribution in [0.5, 0.6) is 0 Å². The molecule has 1 heterocycles. The Labute approximate surface area is 93.7 Å². The molecule has 0 amide bonds. The fourth-order valence-electron chi connectivity index (χ4n) is 1.47. The van der Waals surface area contributed by atoms with Gasteiger partial charge in [-0.15, -0.1) is 5.10 Å². The maximum atomic E-state index is 8.89. The van der Waals surface area contributed by atoms with Gasteiger partial charge in [-0.2, -0.15) is 0 Å². The molecule has 0 radical (unpaired) electrons. The minimum atomic E-state index is -0.0855. The highest BCUT2D eigenvalue weighted by Gasteiger charge is 2.01. The Hall–Kier alpha value is -1.72. The van der Waals surface area contributed by atoms with E-state index in [4.69, 9.17) is 5.11 Å². The zero-order valence-electron chi connectivity index (χ0n) is 9.09. The highest BCUT2D eigenvalue weighted by atomic mass is 16.3. The maximum absolute atomic E-state index is 8.89. The molecule has 0 unspecified atom stereocenters. The Bertz CT molecular complexity index is 449. The molecule has 2 rings (SSSR count). The zero-order chi connectivity index (χ0) is 11.4. The van der Waals surface area contributed by atoms with E-state index in [0.29, 0.717) is 5.69 Å². The van der Waals surface area contributed by atoms with E-state index in [-0.39, 0.29) is 6.61 Å². The minimum Gasteiger partial charge on any atom is -0.390 e. The van der Waals surface area contributed by atoms with E-state index in [9.17, 15) is 0 Å². The van der Waals surface area contributed by atoms with Gasteiger partial charge >= 0.3 is 0 Å². The predicted molar refractivity (Wildman–Crippen MR) is 60.0 cm³/mol. The molecule has 0 aliphatic heterocycles. The summed E-state index contributed by atoms with van der Waals surface area (Å²) < 4.78 is 1.65. The van der Waals surface area contributed by atoms with Crippen LogP contribution in [-0.4, -0.2) is 27.1 Å². The molecular formula is C11H14N4O. The SMILES string of the molecule is CNCc1ccc(-n2cc(CO)nn2)cc1. The summed E-state index contributed by atoms with van der Waals surface area (Å²) >= 11 is 0. The third-order valence-electron chi connectivity index (χ3n) is 2.28. The molecule has 2 aromatic rings. The van der Waals surface area contributed by atoms with Gasteiger partial charge in [0.1, 0.15) is 5.69 Å². The van der Waals surface area contributed by atoms with Crippen molar-refractivity contribution >= 4 is 0 Å². The third-order valence-corrected chi connectivity index (χ3v) is 2.28. The lowest BCUT2D eigenvalue weighted by molar-refractivity contribution is 0.276. The number of hydrogen-bond donors (Lipinski definition) is 2. The molecule has 0 saturated carbocycles. The van der Waals surface area contributed by atoms with Crippen molar-refractivity contribution in [3.8, 4) is 5.69 Å². The molecule has 0 aliphatic rings. The number of hydrogen-bond acceptors (Lipinski definition) is 4. The molecule has 0 aliphatic carbocycles. The van der Waals surface area contributed by atoms with Gasteiger partial charge in [0.05, 0.1) is 18.5 Å². The third kappa shape index (κ3) is 2.26. The summed E-state index contributed by atoms with van der Waals surface area (Å²) in [4.78, 5) is 0. The van der Waals surface area contributed by atoms with Crippen molar-refractivity contribution in [2.45, 2.75) is 13.2 Å². The number of aliphatic hydroxyl groups excluding tert-OH is 1. The van der Waals surface area contributed by atoms with Crippen molar-refractivity contribution in [1.29, 1.82) is 0 Å². The topological polar surface area (TPSA) is 63.0 Å². The molecule has 1 aromatic carbocycles. The summed E-state index contributed by atoms with van der Waals surface area (Å²) in [5, 5.41) is 19.7. The summed E-state index contributed by atoms with van der Waals surface area (Å²) in [6.45, 7) is 0.761. The highest BCUT2D eigenvalue weighted by molar-refractivity contribution is 5.33. The second kappa shape index (κ2) is 4.87. The second-order valence-electron chi connectivity index (χ2n) is 3.51. The lowest BCUT2D eigenvalue weighted by Gasteiger charge is -2.02. The first-order chi connectivity index (χ1) is 7.83. The average Bonchev–Trinajstić information content (AvgIpc) is 2.79. The molecule has 0 spiro atoms. The first-order valence-corrected chi connectivity index (χ1v) is 5.09. The number of aliphatic hydroxyl groups is 1. The van der Waals surface area contributed by atoms with Crippen molar-refractivity contribution in [3.05, 3.63) is 41.7 Å². The Morgan fingerprint density at radius 3 is 2.62 bits per heavy atom. The van der Waals surface area contributed by atoms with E-state index in [1.165, 1.54) is 5.56 Å². The first-order valence-electron chi connectivity index (χ1n) is 5.09. The molecule has 1 aromatic heterocycles. The number of aromatic nitrogens is 3. The Kier molecular flexibility index (Phi) is 3.28.